The van der Waals surface area contributed by atoms with Crippen LogP contribution in [0.1, 0.15) is 39.5 Å². The fourth-order valence-electron chi connectivity index (χ4n) is 3.89. The second kappa shape index (κ2) is 11.9. The van der Waals surface area contributed by atoms with Gasteiger partial charge in [0.25, 0.3) is 5.56 Å². The highest BCUT2D eigenvalue weighted by molar-refractivity contribution is 7.52. The van der Waals surface area contributed by atoms with Gasteiger partial charge in [0.1, 0.15) is 17.9 Å². The highest BCUT2D eigenvalue weighted by Crippen LogP contribution is 2.47. The smallest absolute Gasteiger partial charge is 0.459 e. The lowest BCUT2D eigenvalue weighted by Crippen LogP contribution is -2.37. The SMILES string of the molecule is Cc1cn([C@H]2C=C[C@@H](COP(=O)(N[C@@H](C)C(=O)OCC(C)(C)C)Oc3cccc4ccccc34)O2)c(=O)[nH]c1=O. The Morgan fingerprint density at radius 1 is 1.15 bits per heavy atom. The monoisotopic (exact) mass is 571 g/mol. The topological polar surface area (TPSA) is 138 Å². The number of hydrogen-bond acceptors (Lipinski definition) is 8. The van der Waals surface area contributed by atoms with Crippen LogP contribution in [0.25, 0.3) is 10.8 Å². The van der Waals surface area contributed by atoms with E-state index < -0.39 is 43.3 Å². The van der Waals surface area contributed by atoms with Crippen LogP contribution in [0.15, 0.2) is 70.4 Å². The molecule has 2 aromatic carbocycles. The molecule has 1 aromatic heterocycles. The van der Waals surface area contributed by atoms with E-state index in [9.17, 15) is 18.9 Å². The van der Waals surface area contributed by atoms with Gasteiger partial charge >= 0.3 is 19.4 Å². The van der Waals surface area contributed by atoms with Gasteiger partial charge < -0.3 is 14.0 Å². The third-order valence-electron chi connectivity index (χ3n) is 5.95. The summed E-state index contributed by atoms with van der Waals surface area (Å²) in [6.07, 6.45) is 3.19. The number of nitrogens with zero attached hydrogens (tertiary/aromatic N) is 1. The fourth-order valence-corrected chi connectivity index (χ4v) is 5.41. The quantitative estimate of drug-likeness (QED) is 0.208. The van der Waals surface area contributed by atoms with Crippen LogP contribution >= 0.6 is 7.75 Å². The number of aryl methyl sites for hydroxylation is 1. The summed E-state index contributed by atoms with van der Waals surface area (Å²) in [5.74, 6) is -0.301. The fraction of sp³-hybridized carbons (Fsp3) is 0.393. The van der Waals surface area contributed by atoms with Crippen LogP contribution < -0.4 is 20.9 Å². The van der Waals surface area contributed by atoms with Gasteiger partial charge in [-0.3, -0.25) is 23.7 Å². The molecule has 2 heterocycles. The Bertz CT molecular complexity index is 1570. The average molecular weight is 572 g/mol. The minimum absolute atomic E-state index is 0.179. The van der Waals surface area contributed by atoms with Crippen molar-refractivity contribution >= 4 is 24.5 Å². The minimum Gasteiger partial charge on any atom is -0.464 e. The van der Waals surface area contributed by atoms with Crippen LogP contribution in [-0.2, 0) is 23.4 Å². The van der Waals surface area contributed by atoms with Crippen LogP contribution in [0.5, 0.6) is 5.75 Å². The summed E-state index contributed by atoms with van der Waals surface area (Å²) in [5, 5.41) is 4.28. The van der Waals surface area contributed by atoms with Crippen LogP contribution in [-0.4, -0.2) is 40.9 Å². The lowest BCUT2D eigenvalue weighted by molar-refractivity contribution is -0.148. The normalized spacial score (nSPS) is 19.3. The number of ether oxygens (including phenoxy) is 2. The lowest BCUT2D eigenvalue weighted by Gasteiger charge is -2.25. The van der Waals surface area contributed by atoms with Gasteiger partial charge in [-0.15, -0.1) is 0 Å². The van der Waals surface area contributed by atoms with Crippen LogP contribution in [0.2, 0.25) is 0 Å². The number of nitrogens with one attached hydrogen (secondary N) is 2. The van der Waals surface area contributed by atoms with Gasteiger partial charge in [-0.2, -0.15) is 5.09 Å². The Balaban J connectivity index is 1.51. The summed E-state index contributed by atoms with van der Waals surface area (Å²) < 4.78 is 38.3. The molecule has 0 radical (unpaired) electrons. The first-order valence-corrected chi connectivity index (χ1v) is 14.4. The Hall–Kier alpha value is -3.50. The number of benzene rings is 2. The molecule has 0 bridgehead atoms. The van der Waals surface area contributed by atoms with Crippen LogP contribution in [0.3, 0.4) is 0 Å². The average Bonchev–Trinajstić information content (AvgIpc) is 3.37. The van der Waals surface area contributed by atoms with Crippen molar-refractivity contribution in [1.29, 1.82) is 0 Å². The van der Waals surface area contributed by atoms with Crippen LogP contribution in [0.4, 0.5) is 0 Å². The number of esters is 1. The molecule has 0 aliphatic carbocycles. The van der Waals surface area contributed by atoms with Crippen molar-refractivity contribution in [3.8, 4) is 5.75 Å². The summed E-state index contributed by atoms with van der Waals surface area (Å²) in [7, 11) is -4.17. The van der Waals surface area contributed by atoms with Gasteiger partial charge in [0.05, 0.1) is 13.2 Å². The molecule has 0 fully saturated rings. The molecule has 0 amide bonds. The molecular formula is C28H34N3O8P. The van der Waals surface area contributed by atoms with Gasteiger partial charge in [0.2, 0.25) is 0 Å². The summed E-state index contributed by atoms with van der Waals surface area (Å²) >= 11 is 0. The summed E-state index contributed by atoms with van der Waals surface area (Å²) in [6.45, 7) is 8.85. The van der Waals surface area contributed by atoms with Crippen molar-refractivity contribution < 1.29 is 27.9 Å². The van der Waals surface area contributed by atoms with E-state index >= 15 is 0 Å². The van der Waals surface area contributed by atoms with Gasteiger partial charge in [-0.05, 0) is 36.8 Å². The summed E-state index contributed by atoms with van der Waals surface area (Å²) in [5.41, 5.74) is -0.998. The number of fused-ring (bicyclic) bond motifs is 1. The molecule has 0 spiro atoms. The van der Waals surface area contributed by atoms with Crippen molar-refractivity contribution in [3.05, 3.63) is 87.2 Å². The first-order chi connectivity index (χ1) is 18.8. The molecule has 1 unspecified atom stereocenters. The molecule has 1 aliphatic rings. The van der Waals surface area contributed by atoms with E-state index in [1.165, 1.54) is 17.7 Å². The minimum atomic E-state index is -4.17. The molecule has 4 atom stereocenters. The highest BCUT2D eigenvalue weighted by atomic mass is 31.2. The Morgan fingerprint density at radius 3 is 2.62 bits per heavy atom. The van der Waals surface area contributed by atoms with E-state index in [1.807, 2.05) is 51.1 Å². The Morgan fingerprint density at radius 2 is 1.88 bits per heavy atom. The second-order valence-electron chi connectivity index (χ2n) is 10.8. The van der Waals surface area contributed by atoms with E-state index in [4.69, 9.17) is 18.5 Å². The van der Waals surface area contributed by atoms with Crippen molar-refractivity contribution in [1.82, 2.24) is 14.6 Å². The maximum atomic E-state index is 14.0. The van der Waals surface area contributed by atoms with Crippen LogP contribution in [0, 0.1) is 12.3 Å². The van der Waals surface area contributed by atoms with Gasteiger partial charge in [0.15, 0.2) is 6.23 Å². The first kappa shape index (κ1) is 29.5. The van der Waals surface area contributed by atoms with Crippen molar-refractivity contribution in [2.24, 2.45) is 5.41 Å². The van der Waals surface area contributed by atoms with Gasteiger partial charge in [-0.25, -0.2) is 9.36 Å². The molecule has 0 saturated heterocycles. The Labute approximate surface area is 231 Å². The predicted octanol–water partition coefficient (Wildman–Crippen LogP) is 4.22. The lowest BCUT2D eigenvalue weighted by atomic mass is 9.99. The number of aromatic nitrogens is 2. The molecular weight excluding hydrogens is 537 g/mol. The van der Waals surface area contributed by atoms with Crippen molar-refractivity contribution in [3.63, 3.8) is 0 Å². The standard InChI is InChI=1S/C28H34N3O8P/c1-18-15-31(27(34)29-25(18)32)24-14-13-21(38-24)16-37-40(35,30-19(2)26(33)36-17-28(3,4)5)39-23-12-8-10-20-9-6-7-11-22(20)23/h6-15,19,21,24H,16-17H2,1-5H3,(H,30,35)(H,29,32,34)/t19-,21-,24+,40?/m0/s1. The molecule has 2 N–H and O–H groups in total. The van der Waals surface area contributed by atoms with E-state index in [2.05, 4.69) is 10.1 Å². The van der Waals surface area contributed by atoms with Gasteiger partial charge in [0, 0.05) is 17.1 Å². The second-order valence-corrected chi connectivity index (χ2v) is 12.5. The molecule has 12 heteroatoms. The summed E-state index contributed by atoms with van der Waals surface area (Å²) in [4.78, 5) is 38.9. The van der Waals surface area contributed by atoms with E-state index in [0.717, 1.165) is 5.39 Å². The zero-order valence-electron chi connectivity index (χ0n) is 23.1. The molecule has 214 valence electrons. The molecule has 11 nitrogen and oxygen atoms in total. The molecule has 4 rings (SSSR count). The highest BCUT2D eigenvalue weighted by Gasteiger charge is 2.35. The van der Waals surface area contributed by atoms with E-state index in [1.54, 1.807) is 31.2 Å². The molecule has 40 heavy (non-hydrogen) atoms. The maximum absolute atomic E-state index is 14.0. The summed E-state index contributed by atoms with van der Waals surface area (Å²) in [6, 6.07) is 11.7. The third-order valence-corrected chi connectivity index (χ3v) is 7.58. The maximum Gasteiger partial charge on any atom is 0.459 e. The number of carbonyl (C=O) groups is 1. The molecule has 3 aromatic rings. The third kappa shape index (κ3) is 7.37. The number of H-pyrrole nitrogens is 1. The zero-order valence-corrected chi connectivity index (χ0v) is 24.0. The van der Waals surface area contributed by atoms with Crippen molar-refractivity contribution in [2.45, 2.75) is 53.0 Å². The first-order valence-electron chi connectivity index (χ1n) is 12.9. The number of rotatable bonds is 10. The zero-order chi connectivity index (χ0) is 29.1. The predicted molar refractivity (Wildman–Crippen MR) is 150 cm³/mol. The Kier molecular flexibility index (Phi) is 8.80. The van der Waals surface area contributed by atoms with E-state index in [-0.39, 0.29) is 18.6 Å². The van der Waals surface area contributed by atoms with Crippen molar-refractivity contribution in [2.75, 3.05) is 13.2 Å². The molecule has 1 aliphatic heterocycles. The van der Waals surface area contributed by atoms with Gasteiger partial charge in [-0.1, -0.05) is 63.2 Å². The number of carbonyl (C=O) groups excluding carboxylic acids is 1. The molecule has 0 saturated carbocycles. The number of aromatic amines is 1. The number of hydrogen-bond donors (Lipinski definition) is 2. The van der Waals surface area contributed by atoms with E-state index in [0.29, 0.717) is 16.7 Å². The largest absolute Gasteiger partial charge is 0.464 e.